The molecular formula is C45H29N3O. The van der Waals surface area contributed by atoms with Crippen molar-refractivity contribution in [3.63, 3.8) is 0 Å². The van der Waals surface area contributed by atoms with Gasteiger partial charge in [-0.3, -0.25) is 0 Å². The van der Waals surface area contributed by atoms with Crippen molar-refractivity contribution in [2.45, 2.75) is 0 Å². The van der Waals surface area contributed by atoms with Gasteiger partial charge in [-0.05, 0) is 46.0 Å². The van der Waals surface area contributed by atoms with Crippen molar-refractivity contribution in [1.82, 2.24) is 15.0 Å². The fraction of sp³-hybridized carbons (Fsp3) is 0. The summed E-state index contributed by atoms with van der Waals surface area (Å²) >= 11 is 0. The summed E-state index contributed by atoms with van der Waals surface area (Å²) in [5.41, 5.74) is 11.0. The number of fused-ring (bicyclic) bond motifs is 3. The van der Waals surface area contributed by atoms with Gasteiger partial charge in [-0.2, -0.15) is 0 Å². The van der Waals surface area contributed by atoms with Crippen molar-refractivity contribution >= 4 is 21.9 Å². The molecule has 0 aliphatic carbocycles. The van der Waals surface area contributed by atoms with Crippen LogP contribution in [0.4, 0.5) is 0 Å². The molecule has 2 heterocycles. The molecule has 230 valence electrons. The van der Waals surface area contributed by atoms with Crippen LogP contribution in [-0.4, -0.2) is 15.0 Å². The third kappa shape index (κ3) is 5.35. The molecule has 4 nitrogen and oxygen atoms in total. The number of nitrogens with zero attached hydrogens (tertiary/aromatic N) is 3. The van der Waals surface area contributed by atoms with Gasteiger partial charge in [0.05, 0.1) is 0 Å². The number of hydrogen-bond acceptors (Lipinski definition) is 4. The lowest BCUT2D eigenvalue weighted by Crippen LogP contribution is -2.01. The zero-order valence-corrected chi connectivity index (χ0v) is 26.5. The van der Waals surface area contributed by atoms with Crippen LogP contribution >= 0.6 is 0 Å². The summed E-state index contributed by atoms with van der Waals surface area (Å²) in [7, 11) is 0. The molecule has 0 spiro atoms. The van der Waals surface area contributed by atoms with Crippen LogP contribution in [0, 0.1) is 0 Å². The maximum Gasteiger partial charge on any atom is 0.164 e. The molecular weight excluding hydrogens is 599 g/mol. The molecule has 0 radical (unpaired) electrons. The Balaban J connectivity index is 1.23. The summed E-state index contributed by atoms with van der Waals surface area (Å²) in [4.78, 5) is 15.3. The van der Waals surface area contributed by atoms with Crippen LogP contribution < -0.4 is 0 Å². The molecule has 0 saturated carbocycles. The van der Waals surface area contributed by atoms with E-state index in [0.717, 1.165) is 72.0 Å². The second-order valence-electron chi connectivity index (χ2n) is 12.0. The lowest BCUT2D eigenvalue weighted by Gasteiger charge is -2.12. The largest absolute Gasteiger partial charge is 0.455 e. The first-order chi connectivity index (χ1) is 24.3. The molecule has 4 heteroatoms. The highest BCUT2D eigenvalue weighted by Crippen LogP contribution is 2.38. The maximum atomic E-state index is 6.60. The topological polar surface area (TPSA) is 51.8 Å². The van der Waals surface area contributed by atoms with Crippen LogP contribution in [0.15, 0.2) is 180 Å². The minimum absolute atomic E-state index is 0.582. The van der Waals surface area contributed by atoms with Gasteiger partial charge in [-0.15, -0.1) is 0 Å². The van der Waals surface area contributed by atoms with Crippen LogP contribution in [-0.2, 0) is 0 Å². The molecule has 0 N–H and O–H groups in total. The van der Waals surface area contributed by atoms with Gasteiger partial charge in [0.15, 0.2) is 17.5 Å². The zero-order valence-electron chi connectivity index (χ0n) is 26.5. The molecule has 9 rings (SSSR count). The highest BCUT2D eigenvalue weighted by molar-refractivity contribution is 6.10. The maximum absolute atomic E-state index is 6.60. The minimum atomic E-state index is 0.582. The number of rotatable bonds is 6. The quantitative estimate of drug-likeness (QED) is 0.184. The SMILES string of the molecule is c1ccc(-c2cccc(-c3nc(-c4ccc5c(c4)oc4c(-c6ccccc6)cccc45)nc(-c4ccccc4-c4ccccc4)n3)c2)cc1. The number of para-hydroxylation sites is 1. The molecule has 9 aromatic rings. The molecule has 0 bridgehead atoms. The summed E-state index contributed by atoms with van der Waals surface area (Å²) in [6.45, 7) is 0. The Morgan fingerprint density at radius 3 is 1.53 bits per heavy atom. The van der Waals surface area contributed by atoms with Crippen molar-refractivity contribution in [2.24, 2.45) is 0 Å². The normalized spacial score (nSPS) is 11.3. The summed E-state index contributed by atoms with van der Waals surface area (Å²) < 4.78 is 6.60. The van der Waals surface area contributed by atoms with Crippen LogP contribution in [0.5, 0.6) is 0 Å². The second-order valence-corrected chi connectivity index (χ2v) is 12.0. The molecule has 0 amide bonds. The van der Waals surface area contributed by atoms with Crippen LogP contribution in [0.2, 0.25) is 0 Å². The van der Waals surface area contributed by atoms with Crippen LogP contribution in [0.25, 0.3) is 89.5 Å². The summed E-state index contributed by atoms with van der Waals surface area (Å²) in [5.74, 6) is 1.80. The standard InChI is InChI=1S/C45H29N3O/c1-4-14-30(15-5-1)33-20-12-21-34(28-33)43-46-44(48-45(47-43)40-23-11-10-22-36(40)31-16-6-2-7-17-31)35-26-27-38-39-25-13-24-37(32-18-8-3-9-19-32)42(39)49-41(38)29-35/h1-29H. The third-order valence-corrected chi connectivity index (χ3v) is 8.96. The van der Waals surface area contributed by atoms with Gasteiger partial charge in [0.25, 0.3) is 0 Å². The smallest absolute Gasteiger partial charge is 0.164 e. The van der Waals surface area contributed by atoms with Crippen molar-refractivity contribution in [2.75, 3.05) is 0 Å². The Labute approximate surface area is 284 Å². The van der Waals surface area contributed by atoms with Gasteiger partial charge in [0.2, 0.25) is 0 Å². The minimum Gasteiger partial charge on any atom is -0.455 e. The van der Waals surface area contributed by atoms with E-state index >= 15 is 0 Å². The van der Waals surface area contributed by atoms with E-state index in [1.165, 1.54) is 0 Å². The van der Waals surface area contributed by atoms with Gasteiger partial charge in [0, 0.05) is 33.0 Å². The first-order valence-corrected chi connectivity index (χ1v) is 16.4. The summed E-state index contributed by atoms with van der Waals surface area (Å²) in [6, 6.07) is 60.3. The molecule has 0 unspecified atom stereocenters. The van der Waals surface area contributed by atoms with Crippen molar-refractivity contribution in [1.29, 1.82) is 0 Å². The van der Waals surface area contributed by atoms with E-state index in [-0.39, 0.29) is 0 Å². The van der Waals surface area contributed by atoms with Crippen molar-refractivity contribution < 1.29 is 4.42 Å². The number of aromatic nitrogens is 3. The Morgan fingerprint density at radius 1 is 0.306 bits per heavy atom. The Bertz CT molecular complexity index is 2590. The lowest BCUT2D eigenvalue weighted by molar-refractivity contribution is 0.670. The molecule has 7 aromatic carbocycles. The average molecular weight is 628 g/mol. The van der Waals surface area contributed by atoms with Gasteiger partial charge in [0.1, 0.15) is 11.2 Å². The van der Waals surface area contributed by atoms with Gasteiger partial charge < -0.3 is 4.42 Å². The molecule has 0 atom stereocenters. The third-order valence-electron chi connectivity index (χ3n) is 8.96. The number of benzene rings is 7. The molecule has 0 aliphatic rings. The highest BCUT2D eigenvalue weighted by atomic mass is 16.3. The Morgan fingerprint density at radius 2 is 0.816 bits per heavy atom. The fourth-order valence-corrected chi connectivity index (χ4v) is 6.55. The zero-order chi connectivity index (χ0) is 32.6. The summed E-state index contributed by atoms with van der Waals surface area (Å²) in [6.07, 6.45) is 0. The molecule has 0 saturated heterocycles. The predicted octanol–water partition coefficient (Wildman–Crippen LogP) is 11.8. The van der Waals surface area contributed by atoms with Crippen molar-refractivity contribution in [3.05, 3.63) is 176 Å². The van der Waals surface area contributed by atoms with E-state index in [2.05, 4.69) is 152 Å². The molecule has 2 aromatic heterocycles. The second kappa shape index (κ2) is 12.2. The first-order valence-electron chi connectivity index (χ1n) is 16.4. The summed E-state index contributed by atoms with van der Waals surface area (Å²) in [5, 5.41) is 2.13. The Kier molecular flexibility index (Phi) is 7.10. The molecule has 0 fully saturated rings. The first kappa shape index (κ1) is 28.6. The van der Waals surface area contributed by atoms with Gasteiger partial charge in [-0.25, -0.2) is 15.0 Å². The van der Waals surface area contributed by atoms with E-state index in [9.17, 15) is 0 Å². The van der Waals surface area contributed by atoms with E-state index in [1.807, 2.05) is 24.3 Å². The average Bonchev–Trinajstić information content (AvgIpc) is 3.57. The lowest BCUT2D eigenvalue weighted by atomic mass is 9.99. The number of hydrogen-bond donors (Lipinski definition) is 0. The predicted molar refractivity (Wildman–Crippen MR) is 200 cm³/mol. The van der Waals surface area contributed by atoms with Crippen LogP contribution in [0.3, 0.4) is 0 Å². The van der Waals surface area contributed by atoms with E-state index in [1.54, 1.807) is 0 Å². The van der Waals surface area contributed by atoms with Crippen molar-refractivity contribution in [3.8, 4) is 67.5 Å². The van der Waals surface area contributed by atoms with E-state index in [4.69, 9.17) is 19.4 Å². The van der Waals surface area contributed by atoms with Gasteiger partial charge in [-0.1, -0.05) is 158 Å². The fourth-order valence-electron chi connectivity index (χ4n) is 6.55. The molecule has 0 aliphatic heterocycles. The van der Waals surface area contributed by atoms with E-state index < -0.39 is 0 Å². The number of furan rings is 1. The Hall–Kier alpha value is -6.65. The monoisotopic (exact) mass is 627 g/mol. The van der Waals surface area contributed by atoms with E-state index in [0.29, 0.717) is 17.5 Å². The highest BCUT2D eigenvalue weighted by Gasteiger charge is 2.18. The molecule has 49 heavy (non-hydrogen) atoms. The van der Waals surface area contributed by atoms with Crippen LogP contribution in [0.1, 0.15) is 0 Å². The van der Waals surface area contributed by atoms with Gasteiger partial charge >= 0.3 is 0 Å².